The summed E-state index contributed by atoms with van der Waals surface area (Å²) in [7, 11) is 0. The second kappa shape index (κ2) is 5.66. The van der Waals surface area contributed by atoms with Crippen molar-refractivity contribution in [2.24, 2.45) is 5.73 Å². The number of benzene rings is 1. The lowest BCUT2D eigenvalue weighted by Gasteiger charge is -2.18. The van der Waals surface area contributed by atoms with Crippen LogP contribution in [0.4, 0.5) is 0 Å². The highest BCUT2D eigenvalue weighted by Gasteiger charge is 2.27. The normalized spacial score (nSPS) is 14.3. The minimum Gasteiger partial charge on any atom is -0.337 e. The topological polar surface area (TPSA) is 64.9 Å². The number of nitrogens with two attached hydrogens (primary N) is 1. The van der Waals surface area contributed by atoms with E-state index in [0.717, 1.165) is 34.0 Å². The van der Waals surface area contributed by atoms with E-state index in [-0.39, 0.29) is 0 Å². The van der Waals surface area contributed by atoms with Crippen molar-refractivity contribution < 1.29 is 4.52 Å². The van der Waals surface area contributed by atoms with Crippen LogP contribution in [0.3, 0.4) is 0 Å². The van der Waals surface area contributed by atoms with E-state index in [0.29, 0.717) is 11.7 Å². The van der Waals surface area contributed by atoms with E-state index in [2.05, 4.69) is 33.0 Å². The van der Waals surface area contributed by atoms with Gasteiger partial charge < -0.3 is 10.3 Å². The van der Waals surface area contributed by atoms with Crippen molar-refractivity contribution in [1.29, 1.82) is 0 Å². The first-order valence-corrected chi connectivity index (χ1v) is 7.54. The largest absolute Gasteiger partial charge is 0.337 e. The van der Waals surface area contributed by atoms with Gasteiger partial charge in [-0.1, -0.05) is 34.4 Å². The lowest BCUT2D eigenvalue weighted by atomic mass is 9.98. The molecule has 0 aliphatic carbocycles. The number of nitrogens with zero attached hydrogens (tertiary/aromatic N) is 2. The zero-order chi connectivity index (χ0) is 14.9. The van der Waals surface area contributed by atoms with Crippen molar-refractivity contribution in [3.8, 4) is 11.4 Å². The first kappa shape index (κ1) is 15.2. The van der Waals surface area contributed by atoms with Crippen LogP contribution in [0.2, 0.25) is 0 Å². The van der Waals surface area contributed by atoms with Crippen molar-refractivity contribution in [1.82, 2.24) is 10.1 Å². The van der Waals surface area contributed by atoms with E-state index in [1.165, 1.54) is 0 Å². The summed E-state index contributed by atoms with van der Waals surface area (Å²) in [6.45, 7) is 8.10. The van der Waals surface area contributed by atoms with E-state index in [9.17, 15) is 0 Å². The Bertz CT molecular complexity index is 596. The third kappa shape index (κ3) is 2.94. The third-order valence-electron chi connectivity index (χ3n) is 3.38. The van der Waals surface area contributed by atoms with Crippen molar-refractivity contribution in [2.75, 3.05) is 0 Å². The Balaban J connectivity index is 2.39. The lowest BCUT2D eigenvalue weighted by Crippen LogP contribution is -2.33. The quantitative estimate of drug-likeness (QED) is 0.912. The van der Waals surface area contributed by atoms with Gasteiger partial charge in [-0.25, -0.2) is 0 Å². The fourth-order valence-electron chi connectivity index (χ4n) is 2.27. The molecule has 0 fully saturated rings. The molecule has 20 heavy (non-hydrogen) atoms. The minimum atomic E-state index is -0.570. The molecule has 1 atom stereocenters. The molecule has 0 aliphatic rings. The molecule has 1 aromatic carbocycles. The predicted octanol–water partition coefficient (Wildman–Crippen LogP) is 4.09. The number of aromatic nitrogens is 2. The molecule has 0 spiro atoms. The van der Waals surface area contributed by atoms with Crippen LogP contribution in [-0.4, -0.2) is 10.1 Å². The van der Waals surface area contributed by atoms with E-state index in [1.54, 1.807) is 0 Å². The second-order valence-electron chi connectivity index (χ2n) is 5.51. The summed E-state index contributed by atoms with van der Waals surface area (Å²) in [6, 6.07) is 4.08. The van der Waals surface area contributed by atoms with Gasteiger partial charge in [0.2, 0.25) is 11.7 Å². The van der Waals surface area contributed by atoms with Crippen LogP contribution in [0, 0.1) is 13.8 Å². The van der Waals surface area contributed by atoms with Crippen LogP contribution in [-0.2, 0) is 5.54 Å². The third-order valence-corrected chi connectivity index (χ3v) is 4.63. The SMILES string of the molecule is CCCC(C)(N)c1nc(-c2cc(C)c(Br)c(C)c2)no1. The maximum absolute atomic E-state index is 6.22. The smallest absolute Gasteiger partial charge is 0.246 e. The number of halogens is 1. The van der Waals surface area contributed by atoms with Gasteiger partial charge >= 0.3 is 0 Å². The van der Waals surface area contributed by atoms with Gasteiger partial charge in [0.15, 0.2) is 0 Å². The number of aryl methyl sites for hydroxylation is 2. The highest BCUT2D eigenvalue weighted by Crippen LogP contribution is 2.29. The van der Waals surface area contributed by atoms with Crippen LogP contribution in [0.5, 0.6) is 0 Å². The summed E-state index contributed by atoms with van der Waals surface area (Å²) in [5, 5.41) is 4.07. The molecule has 1 heterocycles. The zero-order valence-electron chi connectivity index (χ0n) is 12.3. The molecule has 5 heteroatoms. The molecule has 2 aromatic rings. The van der Waals surface area contributed by atoms with Gasteiger partial charge in [0.05, 0.1) is 5.54 Å². The molecule has 0 amide bonds. The van der Waals surface area contributed by atoms with Crippen molar-refractivity contribution in [3.63, 3.8) is 0 Å². The van der Waals surface area contributed by atoms with Crippen LogP contribution in [0.15, 0.2) is 21.1 Å². The molecule has 0 radical (unpaired) electrons. The summed E-state index contributed by atoms with van der Waals surface area (Å²) < 4.78 is 6.46. The van der Waals surface area contributed by atoms with E-state index < -0.39 is 5.54 Å². The van der Waals surface area contributed by atoms with Crippen LogP contribution >= 0.6 is 15.9 Å². The van der Waals surface area contributed by atoms with Gasteiger partial charge in [-0.15, -0.1) is 0 Å². The van der Waals surface area contributed by atoms with E-state index >= 15 is 0 Å². The Labute approximate surface area is 127 Å². The Kier molecular flexibility index (Phi) is 4.30. The fraction of sp³-hybridized carbons (Fsp3) is 0.467. The Morgan fingerprint density at radius 2 is 1.90 bits per heavy atom. The standard InChI is InChI=1S/C15H20BrN3O/c1-5-6-15(4,17)14-18-13(19-20-14)11-7-9(2)12(16)10(3)8-11/h7-8H,5-6,17H2,1-4H3. The highest BCUT2D eigenvalue weighted by atomic mass is 79.9. The summed E-state index contributed by atoms with van der Waals surface area (Å²) in [6.07, 6.45) is 1.79. The molecule has 1 unspecified atom stereocenters. The lowest BCUT2D eigenvalue weighted by molar-refractivity contribution is 0.284. The first-order valence-electron chi connectivity index (χ1n) is 6.75. The number of rotatable bonds is 4. The Morgan fingerprint density at radius 3 is 2.45 bits per heavy atom. The summed E-state index contributed by atoms with van der Waals surface area (Å²) in [4.78, 5) is 4.46. The van der Waals surface area contributed by atoms with Crippen LogP contribution in [0.25, 0.3) is 11.4 Å². The first-order chi connectivity index (χ1) is 9.35. The van der Waals surface area contributed by atoms with Gasteiger partial charge in [-0.2, -0.15) is 4.98 Å². The molecule has 4 nitrogen and oxygen atoms in total. The van der Waals surface area contributed by atoms with Gasteiger partial charge in [-0.05, 0) is 50.5 Å². The Hall–Kier alpha value is -1.20. The Morgan fingerprint density at radius 1 is 1.30 bits per heavy atom. The average molecular weight is 338 g/mol. The van der Waals surface area contributed by atoms with E-state index in [4.69, 9.17) is 10.3 Å². The maximum atomic E-state index is 6.22. The predicted molar refractivity (Wildman–Crippen MR) is 83.4 cm³/mol. The molecule has 0 saturated carbocycles. The van der Waals surface area contributed by atoms with Crippen molar-refractivity contribution in [2.45, 2.75) is 46.1 Å². The van der Waals surface area contributed by atoms with Crippen LogP contribution in [0.1, 0.15) is 43.7 Å². The maximum Gasteiger partial charge on any atom is 0.246 e. The highest BCUT2D eigenvalue weighted by molar-refractivity contribution is 9.10. The molecule has 108 valence electrons. The zero-order valence-corrected chi connectivity index (χ0v) is 13.9. The van der Waals surface area contributed by atoms with Gasteiger partial charge in [0.1, 0.15) is 0 Å². The molecule has 1 aromatic heterocycles. The second-order valence-corrected chi connectivity index (χ2v) is 6.31. The molecule has 0 aliphatic heterocycles. The van der Waals surface area contributed by atoms with Crippen molar-refractivity contribution >= 4 is 15.9 Å². The molecule has 2 N–H and O–H groups in total. The minimum absolute atomic E-state index is 0.493. The average Bonchev–Trinajstić information content (AvgIpc) is 2.85. The molecule has 0 saturated heterocycles. The van der Waals surface area contributed by atoms with Crippen molar-refractivity contribution in [3.05, 3.63) is 33.6 Å². The summed E-state index contributed by atoms with van der Waals surface area (Å²) >= 11 is 3.56. The molecule has 2 rings (SSSR count). The van der Waals surface area contributed by atoms with E-state index in [1.807, 2.05) is 32.9 Å². The van der Waals surface area contributed by atoms with Gasteiger partial charge in [-0.3, -0.25) is 0 Å². The number of hydrogen-bond donors (Lipinski definition) is 1. The fourth-order valence-corrected chi connectivity index (χ4v) is 2.50. The number of hydrogen-bond acceptors (Lipinski definition) is 4. The molecular formula is C15H20BrN3O. The molecule has 0 bridgehead atoms. The van der Waals surface area contributed by atoms with Crippen LogP contribution < -0.4 is 5.73 Å². The van der Waals surface area contributed by atoms with Gasteiger partial charge in [0.25, 0.3) is 0 Å². The summed E-state index contributed by atoms with van der Waals surface area (Å²) in [5.41, 5.74) is 8.90. The van der Waals surface area contributed by atoms with Gasteiger partial charge in [0, 0.05) is 10.0 Å². The molecular weight excluding hydrogens is 318 g/mol. The summed E-state index contributed by atoms with van der Waals surface area (Å²) in [5.74, 6) is 1.08. The monoisotopic (exact) mass is 337 g/mol.